The van der Waals surface area contributed by atoms with E-state index in [-0.39, 0.29) is 17.5 Å². The minimum absolute atomic E-state index is 0.0353. The van der Waals surface area contributed by atoms with Gasteiger partial charge in [0.25, 0.3) is 11.9 Å². The lowest BCUT2D eigenvalue weighted by Gasteiger charge is -2.21. The molecule has 0 radical (unpaired) electrons. The van der Waals surface area contributed by atoms with E-state index < -0.39 is 11.9 Å². The Balaban J connectivity index is 1.88. The lowest BCUT2D eigenvalue weighted by Crippen LogP contribution is -2.24. The van der Waals surface area contributed by atoms with Crippen LogP contribution in [-0.2, 0) is 4.74 Å². The molecule has 0 aliphatic carbocycles. The number of aromatic nitrogens is 1. The summed E-state index contributed by atoms with van der Waals surface area (Å²) in [5.41, 5.74) is 7.00. The largest absolute Gasteiger partial charge is 0.465 e. The van der Waals surface area contributed by atoms with Gasteiger partial charge in [0.2, 0.25) is 0 Å². The molecule has 6 nitrogen and oxygen atoms in total. The third kappa shape index (κ3) is 3.88. The Morgan fingerprint density at radius 1 is 1.44 bits per heavy atom. The van der Waals surface area contributed by atoms with Gasteiger partial charge in [0.1, 0.15) is 11.5 Å². The number of hydrogen-bond acceptors (Lipinski definition) is 5. The summed E-state index contributed by atoms with van der Waals surface area (Å²) < 4.78 is 19.6. The number of ether oxygens (including phenoxy) is 1. The summed E-state index contributed by atoms with van der Waals surface area (Å²) in [5, 5.41) is 3.15. The van der Waals surface area contributed by atoms with E-state index in [1.807, 2.05) is 0 Å². The van der Waals surface area contributed by atoms with Gasteiger partial charge in [-0.25, -0.2) is 14.4 Å². The molecule has 1 aliphatic rings. The molecular formula is C17H16ClFN4O2. The van der Waals surface area contributed by atoms with Gasteiger partial charge in [-0.2, -0.15) is 0 Å². The number of carbonyl (C=O) groups is 1. The SMILES string of the molecule is Cc1cc(NC(=O)c2ccc(Cl)cn2)cc(C2CCOC(N)=N2)c1F. The Kier molecular flexibility index (Phi) is 4.85. The smallest absolute Gasteiger partial charge is 0.282 e. The first-order valence-corrected chi connectivity index (χ1v) is 8.01. The molecule has 0 saturated heterocycles. The van der Waals surface area contributed by atoms with Crippen molar-refractivity contribution in [3.05, 3.63) is 58.1 Å². The number of aryl methyl sites for hydroxylation is 1. The van der Waals surface area contributed by atoms with Gasteiger partial charge < -0.3 is 15.8 Å². The monoisotopic (exact) mass is 362 g/mol. The van der Waals surface area contributed by atoms with Crippen molar-refractivity contribution < 1.29 is 13.9 Å². The molecule has 2 aromatic rings. The first-order valence-electron chi connectivity index (χ1n) is 7.63. The fourth-order valence-electron chi connectivity index (χ4n) is 2.57. The summed E-state index contributed by atoms with van der Waals surface area (Å²) in [6, 6.07) is 5.79. The number of rotatable bonds is 3. The van der Waals surface area contributed by atoms with Crippen LogP contribution >= 0.6 is 11.6 Å². The highest BCUT2D eigenvalue weighted by molar-refractivity contribution is 6.30. The highest BCUT2D eigenvalue weighted by atomic mass is 35.5. The Morgan fingerprint density at radius 2 is 2.24 bits per heavy atom. The van der Waals surface area contributed by atoms with Gasteiger partial charge in [-0.3, -0.25) is 4.79 Å². The molecule has 0 saturated carbocycles. The first-order chi connectivity index (χ1) is 11.9. The zero-order valence-electron chi connectivity index (χ0n) is 13.4. The highest BCUT2D eigenvalue weighted by Gasteiger charge is 2.22. The number of hydrogen-bond donors (Lipinski definition) is 2. The number of nitrogens with zero attached hydrogens (tertiary/aromatic N) is 2. The summed E-state index contributed by atoms with van der Waals surface area (Å²) >= 11 is 5.76. The molecule has 0 fully saturated rings. The summed E-state index contributed by atoms with van der Waals surface area (Å²) in [4.78, 5) is 20.4. The van der Waals surface area contributed by atoms with Crippen LogP contribution in [0.2, 0.25) is 5.02 Å². The molecule has 1 unspecified atom stereocenters. The van der Waals surface area contributed by atoms with Gasteiger partial charge in [-0.15, -0.1) is 0 Å². The molecule has 25 heavy (non-hydrogen) atoms. The van der Waals surface area contributed by atoms with Gasteiger partial charge in [-0.05, 0) is 36.8 Å². The van der Waals surface area contributed by atoms with Crippen molar-refractivity contribution in [2.24, 2.45) is 10.7 Å². The van der Waals surface area contributed by atoms with E-state index >= 15 is 0 Å². The standard InChI is InChI=1S/C17H16ClFN4O2/c1-9-6-11(22-16(24)14-3-2-10(18)8-21-14)7-12(15(9)19)13-4-5-25-17(20)23-13/h2-3,6-8,13H,4-5H2,1H3,(H2,20,23)(H,22,24). The number of amides is 1. The number of carbonyl (C=O) groups excluding carboxylic acids is 1. The second-order valence-electron chi connectivity index (χ2n) is 5.63. The molecule has 8 heteroatoms. The van der Waals surface area contributed by atoms with Crippen LogP contribution in [0.25, 0.3) is 0 Å². The second-order valence-corrected chi connectivity index (χ2v) is 6.07. The predicted molar refractivity (Wildman–Crippen MR) is 93.3 cm³/mol. The van der Waals surface area contributed by atoms with Crippen LogP contribution < -0.4 is 11.1 Å². The van der Waals surface area contributed by atoms with Gasteiger partial charge in [0, 0.05) is 23.9 Å². The summed E-state index contributed by atoms with van der Waals surface area (Å²) in [6.45, 7) is 1.99. The Bertz CT molecular complexity index is 839. The molecule has 130 valence electrons. The highest BCUT2D eigenvalue weighted by Crippen LogP contribution is 2.30. The van der Waals surface area contributed by atoms with Crippen LogP contribution in [0.1, 0.15) is 34.1 Å². The third-order valence-electron chi connectivity index (χ3n) is 3.78. The van der Waals surface area contributed by atoms with Crippen LogP contribution in [0.3, 0.4) is 0 Å². The van der Waals surface area contributed by atoms with Crippen molar-refractivity contribution in [2.75, 3.05) is 11.9 Å². The zero-order valence-corrected chi connectivity index (χ0v) is 14.2. The molecule has 1 aromatic carbocycles. The number of nitrogens with one attached hydrogen (secondary N) is 1. The molecule has 1 aromatic heterocycles. The quantitative estimate of drug-likeness (QED) is 0.877. The summed E-state index contributed by atoms with van der Waals surface area (Å²) in [5.74, 6) is -0.783. The van der Waals surface area contributed by atoms with Gasteiger partial charge in [0.15, 0.2) is 0 Å². The maximum atomic E-state index is 14.5. The van der Waals surface area contributed by atoms with E-state index in [0.29, 0.717) is 34.9 Å². The number of anilines is 1. The normalized spacial score (nSPS) is 16.8. The van der Waals surface area contributed by atoms with E-state index in [0.717, 1.165) is 0 Å². The Labute approximate surface area is 148 Å². The van der Waals surface area contributed by atoms with Crippen LogP contribution in [0, 0.1) is 12.7 Å². The second kappa shape index (κ2) is 7.06. The number of halogens is 2. The third-order valence-corrected chi connectivity index (χ3v) is 4.01. The van der Waals surface area contributed by atoms with Crippen molar-refractivity contribution in [3.8, 4) is 0 Å². The number of aliphatic imine (C=N–C) groups is 1. The van der Waals surface area contributed by atoms with Crippen LogP contribution in [0.4, 0.5) is 10.1 Å². The summed E-state index contributed by atoms with van der Waals surface area (Å²) in [7, 11) is 0. The van der Waals surface area contributed by atoms with Gasteiger partial charge in [-0.1, -0.05) is 11.6 Å². The van der Waals surface area contributed by atoms with E-state index in [1.165, 1.54) is 12.3 Å². The maximum absolute atomic E-state index is 14.5. The number of amidine groups is 1. The number of pyridine rings is 1. The topological polar surface area (TPSA) is 89.6 Å². The molecular weight excluding hydrogens is 347 g/mol. The van der Waals surface area contributed by atoms with E-state index in [9.17, 15) is 9.18 Å². The van der Waals surface area contributed by atoms with E-state index in [4.69, 9.17) is 22.1 Å². The van der Waals surface area contributed by atoms with Crippen LogP contribution in [-0.4, -0.2) is 23.5 Å². The molecule has 3 rings (SSSR count). The summed E-state index contributed by atoms with van der Waals surface area (Å²) in [6.07, 6.45) is 1.89. The Morgan fingerprint density at radius 3 is 2.92 bits per heavy atom. The molecule has 3 N–H and O–H groups in total. The van der Waals surface area contributed by atoms with Crippen LogP contribution in [0.15, 0.2) is 35.5 Å². The molecule has 1 atom stereocenters. The molecule has 0 spiro atoms. The van der Waals surface area contributed by atoms with Crippen molar-refractivity contribution >= 4 is 29.2 Å². The van der Waals surface area contributed by atoms with Crippen molar-refractivity contribution in [1.82, 2.24) is 4.98 Å². The molecule has 2 heterocycles. The first kappa shape index (κ1) is 17.2. The van der Waals surface area contributed by atoms with Gasteiger partial charge in [0.05, 0.1) is 17.7 Å². The minimum atomic E-state index is -0.446. The molecule has 0 bridgehead atoms. The van der Waals surface area contributed by atoms with E-state index in [2.05, 4.69) is 15.3 Å². The minimum Gasteiger partial charge on any atom is -0.465 e. The predicted octanol–water partition coefficient (Wildman–Crippen LogP) is 3.21. The van der Waals surface area contributed by atoms with Crippen LogP contribution in [0.5, 0.6) is 0 Å². The fraction of sp³-hybridized carbons (Fsp3) is 0.235. The maximum Gasteiger partial charge on any atom is 0.282 e. The average Bonchev–Trinajstić information content (AvgIpc) is 2.58. The number of nitrogens with two attached hydrogens (primary N) is 1. The average molecular weight is 363 g/mol. The van der Waals surface area contributed by atoms with Crippen molar-refractivity contribution in [3.63, 3.8) is 0 Å². The van der Waals surface area contributed by atoms with Crippen molar-refractivity contribution in [2.45, 2.75) is 19.4 Å². The Hall–Kier alpha value is -2.67. The zero-order chi connectivity index (χ0) is 18.0. The fourth-order valence-corrected chi connectivity index (χ4v) is 2.68. The molecule has 1 amide bonds. The lowest BCUT2D eigenvalue weighted by molar-refractivity contribution is 0.102. The van der Waals surface area contributed by atoms with Crippen molar-refractivity contribution in [1.29, 1.82) is 0 Å². The van der Waals surface area contributed by atoms with E-state index in [1.54, 1.807) is 25.1 Å². The molecule has 1 aliphatic heterocycles. The number of benzene rings is 1. The van der Waals surface area contributed by atoms with Gasteiger partial charge >= 0.3 is 0 Å². The lowest BCUT2D eigenvalue weighted by atomic mass is 10.00.